The second-order valence-electron chi connectivity index (χ2n) is 10.9. The number of aliphatic hydroxyl groups excluding tert-OH is 1. The van der Waals surface area contributed by atoms with Crippen molar-refractivity contribution >= 4 is 16.7 Å². The third-order valence-corrected chi connectivity index (χ3v) is 7.19. The Labute approximate surface area is 293 Å². The minimum Gasteiger partial charge on any atom is -0.491 e. The van der Waals surface area contributed by atoms with Crippen molar-refractivity contribution < 1.29 is 62.0 Å². The Bertz CT molecular complexity index is 1280. The van der Waals surface area contributed by atoms with Crippen molar-refractivity contribution in [2.75, 3.05) is 119 Å². The van der Waals surface area contributed by atoms with Crippen LogP contribution in [-0.4, -0.2) is 130 Å². The van der Waals surface area contributed by atoms with Gasteiger partial charge < -0.3 is 57.2 Å². The number of benzene rings is 3. The SMILES string of the molecule is O=C(OCCCCO)c1cc2cc(c1)OCCOCCOCCOCCOc1cccc3c(cccc13)OCCOCCOCCOCCO2. The summed E-state index contributed by atoms with van der Waals surface area (Å²) in [5, 5.41) is 10.9. The monoisotopic (exact) mass is 702 g/mol. The summed E-state index contributed by atoms with van der Waals surface area (Å²) in [6, 6.07) is 16.7. The Hall–Kier alpha value is -3.69. The normalized spacial score (nSPS) is 17.4. The summed E-state index contributed by atoms with van der Waals surface area (Å²) < 4.78 is 62.8. The standard InChI is InChI=1S/C37H50O13/c38-9-1-2-10-50-37(39)30-27-31-29-32(28-30)47-24-20-43-16-12-41-14-18-45-22-26-49-36-8-4-6-34-33(36)5-3-7-35(34)48-25-21-44-17-13-40-11-15-42-19-23-46-31/h3-8,27-29,38H,1-2,9-26H2. The highest BCUT2D eigenvalue weighted by Crippen LogP contribution is 2.32. The summed E-state index contributed by atoms with van der Waals surface area (Å²) in [6.07, 6.45) is 1.13. The van der Waals surface area contributed by atoms with E-state index in [2.05, 4.69) is 0 Å². The zero-order valence-corrected chi connectivity index (χ0v) is 28.7. The second-order valence-corrected chi connectivity index (χ2v) is 10.9. The molecule has 1 N–H and O–H groups in total. The first-order valence-corrected chi connectivity index (χ1v) is 17.2. The average Bonchev–Trinajstić information content (AvgIpc) is 3.13. The molecule has 1 aliphatic rings. The maximum Gasteiger partial charge on any atom is 0.338 e. The van der Waals surface area contributed by atoms with Gasteiger partial charge in [0.25, 0.3) is 0 Å². The van der Waals surface area contributed by atoms with E-state index in [0.29, 0.717) is 122 Å². The van der Waals surface area contributed by atoms with Crippen LogP contribution in [-0.2, 0) is 33.2 Å². The second kappa shape index (κ2) is 24.5. The number of unbranched alkanes of at least 4 members (excludes halogenated alkanes) is 1. The van der Waals surface area contributed by atoms with Crippen LogP contribution in [0.15, 0.2) is 54.6 Å². The summed E-state index contributed by atoms with van der Waals surface area (Å²) in [7, 11) is 0. The molecule has 4 rings (SSSR count). The van der Waals surface area contributed by atoms with E-state index in [1.54, 1.807) is 18.2 Å². The molecule has 3 aromatic rings. The van der Waals surface area contributed by atoms with Crippen LogP contribution < -0.4 is 18.9 Å². The van der Waals surface area contributed by atoms with E-state index in [1.165, 1.54) is 0 Å². The molecule has 0 unspecified atom stereocenters. The van der Waals surface area contributed by atoms with Crippen LogP contribution in [0.25, 0.3) is 10.8 Å². The van der Waals surface area contributed by atoms with E-state index in [9.17, 15) is 4.79 Å². The molecule has 1 aliphatic heterocycles. The smallest absolute Gasteiger partial charge is 0.338 e. The fourth-order valence-corrected chi connectivity index (χ4v) is 4.76. The van der Waals surface area contributed by atoms with Gasteiger partial charge in [-0.2, -0.15) is 0 Å². The Morgan fingerprint density at radius 3 is 1.34 bits per heavy atom. The van der Waals surface area contributed by atoms with Gasteiger partial charge in [0.1, 0.15) is 49.4 Å². The lowest BCUT2D eigenvalue weighted by Gasteiger charge is -2.13. The minimum absolute atomic E-state index is 0.0452. The van der Waals surface area contributed by atoms with Gasteiger partial charge in [0.05, 0.1) is 91.5 Å². The van der Waals surface area contributed by atoms with Gasteiger partial charge in [-0.1, -0.05) is 24.3 Å². The van der Waals surface area contributed by atoms with E-state index >= 15 is 0 Å². The summed E-state index contributed by atoms with van der Waals surface area (Å²) in [6.45, 7) is 6.43. The Morgan fingerprint density at radius 2 is 0.920 bits per heavy atom. The number of hydrogen-bond donors (Lipinski definition) is 1. The van der Waals surface area contributed by atoms with Crippen LogP contribution in [0.2, 0.25) is 0 Å². The van der Waals surface area contributed by atoms with Crippen molar-refractivity contribution in [2.45, 2.75) is 12.8 Å². The molecule has 0 radical (unpaired) electrons. The fraction of sp³-hybridized carbons (Fsp3) is 0.541. The predicted octanol–water partition coefficient (Wildman–Crippen LogP) is 4.10. The molecule has 0 atom stereocenters. The van der Waals surface area contributed by atoms with E-state index in [-0.39, 0.29) is 26.4 Å². The lowest BCUT2D eigenvalue weighted by molar-refractivity contribution is 0.00477. The van der Waals surface area contributed by atoms with Crippen molar-refractivity contribution in [3.8, 4) is 23.0 Å². The van der Waals surface area contributed by atoms with E-state index in [0.717, 1.165) is 22.3 Å². The minimum atomic E-state index is -0.501. The van der Waals surface area contributed by atoms with Crippen molar-refractivity contribution in [1.82, 2.24) is 0 Å². The predicted molar refractivity (Wildman–Crippen MR) is 184 cm³/mol. The van der Waals surface area contributed by atoms with Crippen LogP contribution in [0.5, 0.6) is 23.0 Å². The largest absolute Gasteiger partial charge is 0.491 e. The lowest BCUT2D eigenvalue weighted by atomic mass is 10.1. The first-order valence-electron chi connectivity index (χ1n) is 17.2. The third kappa shape index (κ3) is 15.1. The third-order valence-electron chi connectivity index (χ3n) is 7.19. The molecule has 1 heterocycles. The number of carbonyl (C=O) groups excluding carboxylic acids is 1. The van der Waals surface area contributed by atoms with Gasteiger partial charge in [0.15, 0.2) is 0 Å². The summed E-state index contributed by atoms with van der Waals surface area (Å²) in [5.41, 5.74) is 0.298. The van der Waals surface area contributed by atoms with Crippen LogP contribution in [0.3, 0.4) is 0 Å². The van der Waals surface area contributed by atoms with Crippen LogP contribution >= 0.6 is 0 Å². The van der Waals surface area contributed by atoms with Gasteiger partial charge in [0.2, 0.25) is 0 Å². The number of ether oxygens (including phenoxy) is 11. The molecule has 50 heavy (non-hydrogen) atoms. The zero-order valence-electron chi connectivity index (χ0n) is 28.7. The van der Waals surface area contributed by atoms with Crippen LogP contribution in [0.4, 0.5) is 0 Å². The molecule has 0 amide bonds. The topological polar surface area (TPSA) is 139 Å². The number of fused-ring (bicyclic) bond motifs is 2. The summed E-state index contributed by atoms with van der Waals surface area (Å²) >= 11 is 0. The van der Waals surface area contributed by atoms with Gasteiger partial charge in [0, 0.05) is 23.4 Å². The highest BCUT2D eigenvalue weighted by molar-refractivity contribution is 5.93. The zero-order chi connectivity index (χ0) is 34.9. The van der Waals surface area contributed by atoms with Crippen LogP contribution in [0, 0.1) is 0 Å². The quantitative estimate of drug-likeness (QED) is 0.302. The van der Waals surface area contributed by atoms with Gasteiger partial charge in [-0.25, -0.2) is 4.79 Å². The fourth-order valence-electron chi connectivity index (χ4n) is 4.76. The summed E-state index contributed by atoms with van der Waals surface area (Å²) in [5.74, 6) is 1.92. The number of rotatable bonds is 5. The molecule has 0 aromatic heterocycles. The van der Waals surface area contributed by atoms with E-state index in [4.69, 9.17) is 57.2 Å². The highest BCUT2D eigenvalue weighted by atomic mass is 16.6. The maximum absolute atomic E-state index is 12.7. The number of hydrogen-bond acceptors (Lipinski definition) is 13. The molecule has 0 saturated heterocycles. The van der Waals surface area contributed by atoms with Crippen molar-refractivity contribution in [1.29, 1.82) is 0 Å². The molecule has 276 valence electrons. The molecule has 6 bridgehead atoms. The Balaban J connectivity index is 1.25. The molecule has 3 aromatic carbocycles. The highest BCUT2D eigenvalue weighted by Gasteiger charge is 2.13. The number of carbonyl (C=O) groups is 1. The van der Waals surface area contributed by atoms with Gasteiger partial charge in [-0.3, -0.25) is 0 Å². The maximum atomic E-state index is 12.7. The first-order chi connectivity index (χ1) is 24.7. The van der Waals surface area contributed by atoms with Crippen molar-refractivity contribution in [2.24, 2.45) is 0 Å². The van der Waals surface area contributed by atoms with Crippen LogP contribution in [0.1, 0.15) is 23.2 Å². The molecule has 0 spiro atoms. The number of esters is 1. The molecular formula is C37H50O13. The molecule has 0 fully saturated rings. The molecule has 0 aliphatic carbocycles. The van der Waals surface area contributed by atoms with E-state index < -0.39 is 5.97 Å². The van der Waals surface area contributed by atoms with Crippen molar-refractivity contribution in [3.05, 3.63) is 60.2 Å². The Kier molecular flexibility index (Phi) is 19.1. The lowest BCUT2D eigenvalue weighted by Crippen LogP contribution is -2.15. The Morgan fingerprint density at radius 1 is 0.520 bits per heavy atom. The van der Waals surface area contributed by atoms with Gasteiger partial charge in [-0.15, -0.1) is 0 Å². The molecule has 13 heteroatoms. The first kappa shape index (κ1) is 39.1. The molecular weight excluding hydrogens is 652 g/mol. The molecule has 0 saturated carbocycles. The van der Waals surface area contributed by atoms with Gasteiger partial charge in [-0.05, 0) is 37.1 Å². The summed E-state index contributed by atoms with van der Waals surface area (Å²) in [4.78, 5) is 12.7. The van der Waals surface area contributed by atoms with Crippen molar-refractivity contribution in [3.63, 3.8) is 0 Å². The number of aliphatic hydroxyl groups is 1. The average molecular weight is 703 g/mol. The molecule has 13 nitrogen and oxygen atoms in total. The van der Waals surface area contributed by atoms with Gasteiger partial charge >= 0.3 is 5.97 Å². The van der Waals surface area contributed by atoms with E-state index in [1.807, 2.05) is 36.4 Å².